The average Bonchev–Trinajstić information content (AvgIpc) is 1.88. The zero-order chi connectivity index (χ0) is 7.40. The van der Waals surface area contributed by atoms with Crippen molar-refractivity contribution in [2.45, 2.75) is 38.8 Å². The van der Waals surface area contributed by atoms with Crippen LogP contribution in [0.1, 0.15) is 26.7 Å². The molecule has 2 atom stereocenters. The quantitative estimate of drug-likeness (QED) is 0.594. The van der Waals surface area contributed by atoms with E-state index in [1.807, 2.05) is 0 Å². The van der Waals surface area contributed by atoms with Crippen LogP contribution in [0.25, 0.3) is 0 Å². The summed E-state index contributed by atoms with van der Waals surface area (Å²) in [6.45, 7) is 6.74. The summed E-state index contributed by atoms with van der Waals surface area (Å²) in [6.07, 6.45) is 2.59. The van der Waals surface area contributed by atoms with E-state index in [4.69, 9.17) is 0 Å². The summed E-state index contributed by atoms with van der Waals surface area (Å²) < 4.78 is 0. The maximum Gasteiger partial charge on any atom is 0.0195 e. The third-order valence-electron chi connectivity index (χ3n) is 2.00. The molecule has 1 aliphatic heterocycles. The Morgan fingerprint density at radius 1 is 1.40 bits per heavy atom. The molecule has 0 saturated carbocycles. The van der Waals surface area contributed by atoms with Crippen molar-refractivity contribution in [3.63, 3.8) is 0 Å². The maximum absolute atomic E-state index is 3.55. The van der Waals surface area contributed by atoms with E-state index in [1.54, 1.807) is 0 Å². The smallest absolute Gasteiger partial charge is 0.0195 e. The Balaban J connectivity index is 2.18. The van der Waals surface area contributed by atoms with E-state index >= 15 is 0 Å². The lowest BCUT2D eigenvalue weighted by Gasteiger charge is -2.29. The van der Waals surface area contributed by atoms with Gasteiger partial charge in [-0.25, -0.2) is 0 Å². The number of nitrogens with one attached hydrogen (secondary N) is 2. The first-order valence-electron chi connectivity index (χ1n) is 4.29. The van der Waals surface area contributed by atoms with Gasteiger partial charge in [0.1, 0.15) is 0 Å². The first kappa shape index (κ1) is 8.02. The molecule has 0 aliphatic carbocycles. The van der Waals surface area contributed by atoms with Crippen molar-refractivity contribution in [3.05, 3.63) is 0 Å². The van der Waals surface area contributed by atoms with E-state index < -0.39 is 0 Å². The summed E-state index contributed by atoms with van der Waals surface area (Å²) in [6, 6.07) is 1.37. The molecule has 10 heavy (non-hydrogen) atoms. The van der Waals surface area contributed by atoms with Gasteiger partial charge in [-0.05, 0) is 13.3 Å². The largest absolute Gasteiger partial charge is 0.314 e. The molecule has 2 N–H and O–H groups in total. The Morgan fingerprint density at radius 3 is 2.80 bits per heavy atom. The highest BCUT2D eigenvalue weighted by Crippen LogP contribution is 2.00. The van der Waals surface area contributed by atoms with E-state index in [1.165, 1.54) is 12.8 Å². The van der Waals surface area contributed by atoms with Gasteiger partial charge < -0.3 is 10.6 Å². The molecule has 1 saturated heterocycles. The average molecular weight is 142 g/mol. The van der Waals surface area contributed by atoms with Crippen molar-refractivity contribution in [1.29, 1.82) is 0 Å². The molecule has 0 aromatic heterocycles. The van der Waals surface area contributed by atoms with Crippen LogP contribution >= 0.6 is 0 Å². The molecular weight excluding hydrogens is 124 g/mol. The molecule has 0 amide bonds. The summed E-state index contributed by atoms with van der Waals surface area (Å²) in [7, 11) is 0. The fraction of sp³-hybridized carbons (Fsp3) is 1.00. The zero-order valence-electron chi connectivity index (χ0n) is 6.98. The Kier molecular flexibility index (Phi) is 3.16. The molecule has 1 heterocycles. The van der Waals surface area contributed by atoms with Crippen molar-refractivity contribution in [2.75, 3.05) is 13.1 Å². The third-order valence-corrected chi connectivity index (χ3v) is 2.00. The number of rotatable bonds is 2. The van der Waals surface area contributed by atoms with Gasteiger partial charge in [0.25, 0.3) is 0 Å². The van der Waals surface area contributed by atoms with E-state index in [2.05, 4.69) is 24.5 Å². The molecule has 60 valence electrons. The first-order chi connectivity index (χ1) is 4.83. The maximum atomic E-state index is 3.55. The summed E-state index contributed by atoms with van der Waals surface area (Å²) >= 11 is 0. The Hall–Kier alpha value is -0.0800. The lowest BCUT2D eigenvalue weighted by Crippen LogP contribution is -2.53. The van der Waals surface area contributed by atoms with Crippen molar-refractivity contribution < 1.29 is 0 Å². The van der Waals surface area contributed by atoms with Gasteiger partial charge in [-0.2, -0.15) is 0 Å². The van der Waals surface area contributed by atoms with Gasteiger partial charge in [0.15, 0.2) is 0 Å². The van der Waals surface area contributed by atoms with Crippen LogP contribution in [0.4, 0.5) is 0 Å². The van der Waals surface area contributed by atoms with Crippen LogP contribution in [-0.4, -0.2) is 25.2 Å². The predicted octanol–water partition coefficient (Wildman–Crippen LogP) is 0.736. The minimum atomic E-state index is 0.658. The van der Waals surface area contributed by atoms with Crippen LogP contribution in [0.5, 0.6) is 0 Å². The number of piperazine rings is 1. The standard InChI is InChI=1S/C8H18N2/c1-3-4-8-6-9-5-7(2)10-8/h7-10H,3-6H2,1-2H3. The Labute approximate surface area is 63.4 Å². The Morgan fingerprint density at radius 2 is 2.20 bits per heavy atom. The summed E-state index contributed by atoms with van der Waals surface area (Å²) in [5.41, 5.74) is 0. The molecule has 1 fully saturated rings. The fourth-order valence-corrected chi connectivity index (χ4v) is 1.53. The molecule has 0 aromatic carbocycles. The first-order valence-corrected chi connectivity index (χ1v) is 4.29. The SMILES string of the molecule is CCCC1CNCC(C)N1. The molecular formula is C8H18N2. The highest BCUT2D eigenvalue weighted by Gasteiger charge is 2.15. The van der Waals surface area contributed by atoms with E-state index in [-0.39, 0.29) is 0 Å². The van der Waals surface area contributed by atoms with Gasteiger partial charge >= 0.3 is 0 Å². The van der Waals surface area contributed by atoms with E-state index in [0.717, 1.165) is 13.1 Å². The molecule has 2 heteroatoms. The lowest BCUT2D eigenvalue weighted by atomic mass is 10.1. The minimum Gasteiger partial charge on any atom is -0.314 e. The third kappa shape index (κ3) is 2.27. The highest BCUT2D eigenvalue weighted by atomic mass is 15.1. The Bertz CT molecular complexity index is 91.3. The van der Waals surface area contributed by atoms with Crippen molar-refractivity contribution in [1.82, 2.24) is 10.6 Å². The van der Waals surface area contributed by atoms with Gasteiger partial charge in [0.2, 0.25) is 0 Å². The second-order valence-corrected chi connectivity index (χ2v) is 3.21. The molecule has 2 nitrogen and oxygen atoms in total. The number of hydrogen-bond donors (Lipinski definition) is 2. The normalized spacial score (nSPS) is 34.2. The molecule has 1 aliphatic rings. The fourth-order valence-electron chi connectivity index (χ4n) is 1.53. The summed E-state index contributed by atoms with van der Waals surface area (Å²) in [5, 5.41) is 6.96. The van der Waals surface area contributed by atoms with E-state index in [9.17, 15) is 0 Å². The van der Waals surface area contributed by atoms with Crippen LogP contribution in [0, 0.1) is 0 Å². The second-order valence-electron chi connectivity index (χ2n) is 3.21. The number of hydrogen-bond acceptors (Lipinski definition) is 2. The monoisotopic (exact) mass is 142 g/mol. The van der Waals surface area contributed by atoms with Crippen molar-refractivity contribution >= 4 is 0 Å². The summed E-state index contributed by atoms with van der Waals surface area (Å²) in [4.78, 5) is 0. The van der Waals surface area contributed by atoms with Crippen molar-refractivity contribution in [3.8, 4) is 0 Å². The minimum absolute atomic E-state index is 0.658. The molecule has 0 spiro atoms. The predicted molar refractivity (Wildman–Crippen MR) is 44.2 cm³/mol. The molecule has 0 radical (unpaired) electrons. The van der Waals surface area contributed by atoms with Gasteiger partial charge in [-0.3, -0.25) is 0 Å². The van der Waals surface area contributed by atoms with Crippen LogP contribution in [0.15, 0.2) is 0 Å². The lowest BCUT2D eigenvalue weighted by molar-refractivity contribution is 0.338. The van der Waals surface area contributed by atoms with Crippen LogP contribution in [-0.2, 0) is 0 Å². The molecule has 0 aromatic rings. The van der Waals surface area contributed by atoms with Crippen LogP contribution < -0.4 is 10.6 Å². The summed E-state index contributed by atoms with van der Waals surface area (Å²) in [5.74, 6) is 0. The van der Waals surface area contributed by atoms with E-state index in [0.29, 0.717) is 12.1 Å². The molecule has 2 unspecified atom stereocenters. The molecule has 1 rings (SSSR count). The van der Waals surface area contributed by atoms with Gasteiger partial charge in [0.05, 0.1) is 0 Å². The highest BCUT2D eigenvalue weighted by molar-refractivity contribution is 4.80. The molecule has 0 bridgehead atoms. The van der Waals surface area contributed by atoms with Crippen LogP contribution in [0.2, 0.25) is 0 Å². The zero-order valence-corrected chi connectivity index (χ0v) is 6.98. The van der Waals surface area contributed by atoms with Gasteiger partial charge in [-0.1, -0.05) is 13.3 Å². The topological polar surface area (TPSA) is 24.1 Å². The van der Waals surface area contributed by atoms with Crippen LogP contribution in [0.3, 0.4) is 0 Å². The second kappa shape index (κ2) is 3.94. The van der Waals surface area contributed by atoms with Crippen molar-refractivity contribution in [2.24, 2.45) is 0 Å². The van der Waals surface area contributed by atoms with Gasteiger partial charge in [-0.15, -0.1) is 0 Å². The van der Waals surface area contributed by atoms with Gasteiger partial charge in [0, 0.05) is 25.2 Å².